The lowest BCUT2D eigenvalue weighted by atomic mass is 9.86. The third kappa shape index (κ3) is 11.2. The third-order valence-corrected chi connectivity index (χ3v) is 1.69. The molecule has 0 atom stereocenters. The lowest BCUT2D eigenvalue weighted by Crippen LogP contribution is -2.08. The first-order chi connectivity index (χ1) is 6.42. The molecule has 0 bridgehead atoms. The molecule has 0 fully saturated rings. The van der Waals surface area contributed by atoms with Crippen molar-refractivity contribution in [3.8, 4) is 0 Å². The molecule has 0 radical (unpaired) electrons. The predicted octanol–water partition coefficient (Wildman–Crippen LogP) is 4.77. The van der Waals surface area contributed by atoms with Crippen molar-refractivity contribution in [2.45, 2.75) is 41.0 Å². The number of benzene rings is 1. The maximum absolute atomic E-state index is 2.28. The molecule has 1 aromatic carbocycles. The van der Waals surface area contributed by atoms with Crippen LogP contribution in [-0.4, -0.2) is 0 Å². The molecule has 0 spiro atoms. The zero-order valence-corrected chi connectivity index (χ0v) is 10.2. The van der Waals surface area contributed by atoms with Crippen molar-refractivity contribution in [3.63, 3.8) is 0 Å². The van der Waals surface area contributed by atoms with E-state index in [-0.39, 0.29) is 0 Å². The minimum Gasteiger partial charge on any atom is -0.0628 e. The van der Waals surface area contributed by atoms with Gasteiger partial charge in [-0.05, 0) is 17.8 Å². The van der Waals surface area contributed by atoms with Crippen molar-refractivity contribution >= 4 is 0 Å². The van der Waals surface area contributed by atoms with E-state index in [1.165, 1.54) is 6.42 Å². The molecule has 1 aromatic rings. The highest BCUT2D eigenvalue weighted by molar-refractivity contribution is 4.99. The minimum atomic E-state index is 0.522. The van der Waals surface area contributed by atoms with E-state index >= 15 is 0 Å². The molecule has 0 aliphatic carbocycles. The van der Waals surface area contributed by atoms with Crippen LogP contribution in [0.25, 0.3) is 0 Å². The van der Waals surface area contributed by atoms with Crippen molar-refractivity contribution < 1.29 is 0 Å². The van der Waals surface area contributed by atoms with Crippen LogP contribution in [0.1, 0.15) is 41.0 Å². The molecule has 14 heavy (non-hydrogen) atoms. The molecule has 0 heterocycles. The Morgan fingerprint density at radius 2 is 1.07 bits per heavy atom. The minimum absolute atomic E-state index is 0.522. The summed E-state index contributed by atoms with van der Waals surface area (Å²) in [6.07, 6.45) is 1.33. The molecular weight excluding hydrogens is 168 g/mol. The smallest absolute Gasteiger partial charge is 0.0380 e. The van der Waals surface area contributed by atoms with Gasteiger partial charge in [-0.1, -0.05) is 71.0 Å². The van der Waals surface area contributed by atoms with Gasteiger partial charge in [0, 0.05) is 0 Å². The molecule has 0 unspecified atom stereocenters. The Morgan fingerprint density at radius 3 is 1.14 bits per heavy atom. The summed E-state index contributed by atoms with van der Waals surface area (Å²) < 4.78 is 0. The summed E-state index contributed by atoms with van der Waals surface area (Å²) in [5, 5.41) is 0. The molecule has 0 saturated heterocycles. The topological polar surface area (TPSA) is 0 Å². The zero-order valence-electron chi connectivity index (χ0n) is 10.2. The summed E-state index contributed by atoms with van der Waals surface area (Å²) in [7, 11) is 0. The lowest BCUT2D eigenvalue weighted by molar-refractivity contribution is 0.320. The summed E-state index contributed by atoms with van der Waals surface area (Å²) in [6, 6.07) is 12.0. The van der Waals surface area contributed by atoms with Crippen LogP contribution < -0.4 is 0 Å². The van der Waals surface area contributed by atoms with Crippen LogP contribution >= 0.6 is 0 Å². The van der Waals surface area contributed by atoms with E-state index in [1.807, 2.05) is 36.4 Å². The van der Waals surface area contributed by atoms with Crippen LogP contribution in [-0.2, 0) is 0 Å². The predicted molar refractivity (Wildman–Crippen MR) is 65.4 cm³/mol. The Bertz CT molecular complexity index is 177. The van der Waals surface area contributed by atoms with E-state index in [1.54, 1.807) is 0 Å². The summed E-state index contributed by atoms with van der Waals surface area (Å²) in [5.74, 6) is 0.843. The van der Waals surface area contributed by atoms with Crippen molar-refractivity contribution in [2.75, 3.05) is 0 Å². The second-order valence-corrected chi connectivity index (χ2v) is 5.31. The van der Waals surface area contributed by atoms with E-state index in [2.05, 4.69) is 34.6 Å². The van der Waals surface area contributed by atoms with Gasteiger partial charge in [-0.2, -0.15) is 0 Å². The van der Waals surface area contributed by atoms with Gasteiger partial charge >= 0.3 is 0 Å². The van der Waals surface area contributed by atoms with Gasteiger partial charge in [0.15, 0.2) is 0 Å². The molecule has 0 aromatic heterocycles. The lowest BCUT2D eigenvalue weighted by Gasteiger charge is -2.19. The fraction of sp³-hybridized carbons (Fsp3) is 0.571. The van der Waals surface area contributed by atoms with Gasteiger partial charge in [-0.3, -0.25) is 0 Å². The fourth-order valence-corrected chi connectivity index (χ4v) is 1.61. The van der Waals surface area contributed by atoms with Crippen LogP contribution in [0.4, 0.5) is 0 Å². The monoisotopic (exact) mass is 192 g/mol. The van der Waals surface area contributed by atoms with Crippen LogP contribution in [0.5, 0.6) is 0 Å². The Kier molecular flexibility index (Phi) is 6.27. The highest BCUT2D eigenvalue weighted by atomic mass is 14.2. The first-order valence-corrected chi connectivity index (χ1v) is 5.42. The molecule has 80 valence electrons. The van der Waals surface area contributed by atoms with Crippen molar-refractivity contribution in [3.05, 3.63) is 36.4 Å². The van der Waals surface area contributed by atoms with Crippen molar-refractivity contribution in [2.24, 2.45) is 11.3 Å². The molecule has 0 saturated carbocycles. The van der Waals surface area contributed by atoms with E-state index in [4.69, 9.17) is 0 Å². The first kappa shape index (κ1) is 13.2. The second-order valence-electron chi connectivity index (χ2n) is 5.31. The molecule has 0 aliphatic rings. The number of hydrogen-bond donors (Lipinski definition) is 0. The Balaban J connectivity index is 0.000000249. The number of rotatable bonds is 1. The van der Waals surface area contributed by atoms with E-state index in [0.29, 0.717) is 5.41 Å². The van der Waals surface area contributed by atoms with Crippen molar-refractivity contribution in [1.29, 1.82) is 0 Å². The first-order valence-electron chi connectivity index (χ1n) is 5.42. The second kappa shape index (κ2) is 6.64. The number of hydrogen-bond acceptors (Lipinski definition) is 0. The highest BCUT2D eigenvalue weighted by Crippen LogP contribution is 2.23. The van der Waals surface area contributed by atoms with E-state index < -0.39 is 0 Å². The van der Waals surface area contributed by atoms with Gasteiger partial charge in [0.05, 0.1) is 0 Å². The zero-order chi connectivity index (χ0) is 11.0. The van der Waals surface area contributed by atoms with Gasteiger partial charge < -0.3 is 0 Å². The van der Waals surface area contributed by atoms with Crippen LogP contribution in [0, 0.1) is 11.3 Å². The SMILES string of the molecule is CC(C)CC(C)(C)C.c1ccccc1. The van der Waals surface area contributed by atoms with Crippen molar-refractivity contribution in [1.82, 2.24) is 0 Å². The normalized spacial score (nSPS) is 10.7. The molecule has 0 nitrogen and oxygen atoms in total. The van der Waals surface area contributed by atoms with Crippen LogP contribution in [0.2, 0.25) is 0 Å². The summed E-state index contributed by atoms with van der Waals surface area (Å²) in [4.78, 5) is 0. The van der Waals surface area contributed by atoms with Crippen LogP contribution in [0.3, 0.4) is 0 Å². The average Bonchev–Trinajstić information content (AvgIpc) is 2.03. The van der Waals surface area contributed by atoms with Gasteiger partial charge in [0.25, 0.3) is 0 Å². The maximum Gasteiger partial charge on any atom is -0.0380 e. The Morgan fingerprint density at radius 1 is 0.786 bits per heavy atom. The molecule has 0 N–H and O–H groups in total. The highest BCUT2D eigenvalue weighted by Gasteiger charge is 2.11. The Labute approximate surface area is 89.4 Å². The quantitative estimate of drug-likeness (QED) is 0.601. The van der Waals surface area contributed by atoms with Gasteiger partial charge in [-0.25, -0.2) is 0 Å². The standard InChI is InChI=1S/C8H18.C6H6/c1-7(2)6-8(3,4)5;1-2-4-6-5-3-1/h7H,6H2,1-5H3;1-6H. The fourth-order valence-electron chi connectivity index (χ4n) is 1.61. The van der Waals surface area contributed by atoms with Gasteiger partial charge in [0.1, 0.15) is 0 Å². The summed E-state index contributed by atoms with van der Waals surface area (Å²) >= 11 is 0. The third-order valence-electron chi connectivity index (χ3n) is 1.69. The molecule has 0 aliphatic heterocycles. The van der Waals surface area contributed by atoms with Gasteiger partial charge in [-0.15, -0.1) is 0 Å². The summed E-state index contributed by atoms with van der Waals surface area (Å²) in [6.45, 7) is 11.4. The van der Waals surface area contributed by atoms with E-state index in [9.17, 15) is 0 Å². The Hall–Kier alpha value is -0.780. The molecule has 0 heteroatoms. The largest absolute Gasteiger partial charge is 0.0628 e. The summed E-state index contributed by atoms with van der Waals surface area (Å²) in [5.41, 5.74) is 0.522. The average molecular weight is 192 g/mol. The maximum atomic E-state index is 2.28. The molecule has 0 amide bonds. The van der Waals surface area contributed by atoms with Crippen LogP contribution in [0.15, 0.2) is 36.4 Å². The van der Waals surface area contributed by atoms with E-state index in [0.717, 1.165) is 5.92 Å². The molecule has 1 rings (SSSR count). The van der Waals surface area contributed by atoms with Gasteiger partial charge in [0.2, 0.25) is 0 Å². The molecular formula is C14H24.